The fourth-order valence-corrected chi connectivity index (χ4v) is 2.80. The largest absolute Gasteiger partial charge is 0.488 e. The molecule has 2 N–H and O–H groups in total. The number of anilines is 1. The number of ether oxygens (including phenoxy) is 1. The number of aromatic amines is 1. The summed E-state index contributed by atoms with van der Waals surface area (Å²) in [6, 6.07) is 14.9. The van der Waals surface area contributed by atoms with Crippen LogP contribution in [0, 0.1) is 5.82 Å². The van der Waals surface area contributed by atoms with Gasteiger partial charge in [0.15, 0.2) is 0 Å². The maximum Gasteiger partial charge on any atom is 0.259 e. The third kappa shape index (κ3) is 4.47. The van der Waals surface area contributed by atoms with Crippen molar-refractivity contribution in [3.63, 3.8) is 0 Å². The van der Waals surface area contributed by atoms with Gasteiger partial charge in [0.25, 0.3) is 5.91 Å². The minimum absolute atomic E-state index is 0.207. The summed E-state index contributed by atoms with van der Waals surface area (Å²) in [5.41, 5.74) is 3.42. The van der Waals surface area contributed by atoms with Crippen molar-refractivity contribution < 1.29 is 13.9 Å². The van der Waals surface area contributed by atoms with E-state index in [2.05, 4.69) is 20.5 Å². The van der Waals surface area contributed by atoms with Crippen LogP contribution in [-0.4, -0.2) is 21.1 Å². The lowest BCUT2D eigenvalue weighted by Gasteiger charge is -2.13. The molecule has 29 heavy (non-hydrogen) atoms. The lowest BCUT2D eigenvalue weighted by molar-refractivity contribution is 0.102. The van der Waals surface area contributed by atoms with E-state index in [1.807, 2.05) is 6.07 Å². The first-order valence-corrected chi connectivity index (χ1v) is 8.91. The van der Waals surface area contributed by atoms with E-state index in [0.29, 0.717) is 17.0 Å². The predicted molar refractivity (Wildman–Crippen MR) is 107 cm³/mol. The summed E-state index contributed by atoms with van der Waals surface area (Å²) in [6.07, 6.45) is 6.62. The van der Waals surface area contributed by atoms with Crippen LogP contribution in [0.5, 0.6) is 5.75 Å². The van der Waals surface area contributed by atoms with Gasteiger partial charge >= 0.3 is 0 Å². The molecule has 2 aromatic carbocycles. The Balaban J connectivity index is 1.62. The van der Waals surface area contributed by atoms with Crippen LogP contribution in [0.15, 0.2) is 79.4 Å². The molecule has 0 atom stereocenters. The number of hydrogen-bond acceptors (Lipinski definition) is 4. The zero-order chi connectivity index (χ0) is 20.1. The average Bonchev–Trinajstić information content (AvgIpc) is 3.29. The summed E-state index contributed by atoms with van der Waals surface area (Å²) >= 11 is 0. The molecule has 2 heterocycles. The molecule has 7 heteroatoms. The number of benzene rings is 2. The smallest absolute Gasteiger partial charge is 0.259 e. The third-order valence-corrected chi connectivity index (χ3v) is 4.28. The van der Waals surface area contributed by atoms with Gasteiger partial charge in [-0.05, 0) is 47.5 Å². The Morgan fingerprint density at radius 3 is 2.66 bits per heavy atom. The number of amides is 1. The third-order valence-electron chi connectivity index (χ3n) is 4.28. The Labute approximate surface area is 166 Å². The van der Waals surface area contributed by atoms with Gasteiger partial charge in [0.2, 0.25) is 0 Å². The second kappa shape index (κ2) is 8.35. The molecule has 0 aliphatic heterocycles. The van der Waals surface area contributed by atoms with Gasteiger partial charge in [0, 0.05) is 18.0 Å². The zero-order valence-electron chi connectivity index (χ0n) is 15.3. The van der Waals surface area contributed by atoms with Crippen molar-refractivity contribution in [3.05, 3.63) is 96.3 Å². The summed E-state index contributed by atoms with van der Waals surface area (Å²) in [4.78, 5) is 16.9. The van der Waals surface area contributed by atoms with Crippen molar-refractivity contribution in [3.8, 4) is 16.9 Å². The van der Waals surface area contributed by atoms with Crippen molar-refractivity contribution in [2.75, 3.05) is 5.32 Å². The number of nitrogens with one attached hydrogen (secondary N) is 2. The molecule has 4 aromatic rings. The molecular weight excluding hydrogens is 371 g/mol. The number of pyridine rings is 1. The lowest BCUT2D eigenvalue weighted by atomic mass is 10.0. The van der Waals surface area contributed by atoms with Crippen LogP contribution >= 0.6 is 0 Å². The second-order valence-corrected chi connectivity index (χ2v) is 6.31. The molecule has 4 rings (SSSR count). The van der Waals surface area contributed by atoms with Crippen LogP contribution in [0.4, 0.5) is 10.1 Å². The van der Waals surface area contributed by atoms with Crippen molar-refractivity contribution in [2.24, 2.45) is 0 Å². The SMILES string of the molecule is O=C(Nc1cccnc1)c1cc(-c2cn[nH]c2)ccc1OCc1ccc(F)cc1. The molecule has 0 bridgehead atoms. The van der Waals surface area contributed by atoms with Crippen LogP contribution in [0.25, 0.3) is 11.1 Å². The second-order valence-electron chi connectivity index (χ2n) is 6.31. The summed E-state index contributed by atoms with van der Waals surface area (Å²) < 4.78 is 19.0. The number of aromatic nitrogens is 3. The predicted octanol–water partition coefficient (Wildman–Crippen LogP) is 4.44. The molecule has 1 amide bonds. The van der Waals surface area contributed by atoms with Crippen LogP contribution in [0.3, 0.4) is 0 Å². The summed E-state index contributed by atoms with van der Waals surface area (Å²) in [5, 5.41) is 9.53. The standard InChI is InChI=1S/C22H17FN4O2/c23-18-6-3-15(4-7-18)14-29-21-8-5-16(17-11-25-26-12-17)10-20(21)22(28)27-19-2-1-9-24-13-19/h1-13H,14H2,(H,25,26)(H,27,28). The van der Waals surface area contributed by atoms with E-state index in [9.17, 15) is 9.18 Å². The quantitative estimate of drug-likeness (QED) is 0.512. The van der Waals surface area contributed by atoms with Crippen LogP contribution < -0.4 is 10.1 Å². The first kappa shape index (κ1) is 18.4. The number of halogens is 1. The van der Waals surface area contributed by atoms with Gasteiger partial charge < -0.3 is 10.1 Å². The summed E-state index contributed by atoms with van der Waals surface area (Å²) in [6.45, 7) is 0.207. The average molecular weight is 388 g/mol. The number of carbonyl (C=O) groups is 1. The van der Waals surface area contributed by atoms with Gasteiger partial charge in [0.05, 0.1) is 23.6 Å². The number of rotatable bonds is 6. The van der Waals surface area contributed by atoms with Gasteiger partial charge in [-0.3, -0.25) is 14.9 Å². The van der Waals surface area contributed by atoms with Gasteiger partial charge in [-0.25, -0.2) is 4.39 Å². The molecule has 0 radical (unpaired) electrons. The molecule has 0 unspecified atom stereocenters. The fourth-order valence-electron chi connectivity index (χ4n) is 2.80. The fraction of sp³-hybridized carbons (Fsp3) is 0.0455. The van der Waals surface area contributed by atoms with E-state index in [4.69, 9.17) is 4.74 Å². The molecular formula is C22H17FN4O2. The number of H-pyrrole nitrogens is 1. The molecule has 0 saturated carbocycles. The summed E-state index contributed by atoms with van der Waals surface area (Å²) in [5.74, 6) is -0.213. The highest BCUT2D eigenvalue weighted by molar-refractivity contribution is 6.06. The summed E-state index contributed by atoms with van der Waals surface area (Å²) in [7, 11) is 0. The molecule has 0 aliphatic carbocycles. The van der Waals surface area contributed by atoms with E-state index < -0.39 is 0 Å². The highest BCUT2D eigenvalue weighted by Crippen LogP contribution is 2.28. The van der Waals surface area contributed by atoms with Gasteiger partial charge in [0.1, 0.15) is 18.2 Å². The maximum absolute atomic E-state index is 13.1. The molecule has 6 nitrogen and oxygen atoms in total. The van der Waals surface area contributed by atoms with E-state index in [1.54, 1.807) is 61.2 Å². The Kier molecular flexibility index (Phi) is 5.29. The normalized spacial score (nSPS) is 10.5. The van der Waals surface area contributed by atoms with Gasteiger partial charge in [-0.1, -0.05) is 18.2 Å². The Bertz CT molecular complexity index is 1100. The van der Waals surface area contributed by atoms with Crippen LogP contribution in [-0.2, 0) is 6.61 Å². The monoisotopic (exact) mass is 388 g/mol. The highest BCUT2D eigenvalue weighted by atomic mass is 19.1. The van der Waals surface area contributed by atoms with Crippen molar-refractivity contribution in [1.29, 1.82) is 0 Å². The highest BCUT2D eigenvalue weighted by Gasteiger charge is 2.15. The molecule has 2 aromatic heterocycles. The van der Waals surface area contributed by atoms with Crippen LogP contribution in [0.1, 0.15) is 15.9 Å². The Morgan fingerprint density at radius 1 is 1.07 bits per heavy atom. The Hall–Kier alpha value is -4.00. The molecule has 144 valence electrons. The zero-order valence-corrected chi connectivity index (χ0v) is 15.3. The molecule has 0 aliphatic rings. The number of hydrogen-bond donors (Lipinski definition) is 2. The minimum atomic E-state index is -0.322. The van der Waals surface area contributed by atoms with Gasteiger partial charge in [-0.15, -0.1) is 0 Å². The molecule has 0 saturated heterocycles. The van der Waals surface area contributed by atoms with E-state index in [-0.39, 0.29) is 18.3 Å². The van der Waals surface area contributed by atoms with Crippen molar-refractivity contribution in [2.45, 2.75) is 6.61 Å². The number of nitrogens with zero attached hydrogens (tertiary/aromatic N) is 2. The van der Waals surface area contributed by atoms with Crippen LogP contribution in [0.2, 0.25) is 0 Å². The lowest BCUT2D eigenvalue weighted by Crippen LogP contribution is -2.14. The van der Waals surface area contributed by atoms with E-state index >= 15 is 0 Å². The topological polar surface area (TPSA) is 79.9 Å². The van der Waals surface area contributed by atoms with E-state index in [0.717, 1.165) is 16.7 Å². The maximum atomic E-state index is 13.1. The Morgan fingerprint density at radius 2 is 1.93 bits per heavy atom. The molecule has 0 fully saturated rings. The first-order chi connectivity index (χ1) is 14.2. The number of carbonyl (C=O) groups excluding carboxylic acids is 1. The van der Waals surface area contributed by atoms with Crippen molar-refractivity contribution in [1.82, 2.24) is 15.2 Å². The minimum Gasteiger partial charge on any atom is -0.488 e. The van der Waals surface area contributed by atoms with Crippen molar-refractivity contribution >= 4 is 11.6 Å². The molecule has 0 spiro atoms. The van der Waals surface area contributed by atoms with E-state index in [1.165, 1.54) is 12.1 Å². The van der Waals surface area contributed by atoms with Gasteiger partial charge in [-0.2, -0.15) is 5.10 Å². The first-order valence-electron chi connectivity index (χ1n) is 8.91.